The van der Waals surface area contributed by atoms with Crippen LogP contribution < -0.4 is 10.2 Å². The molecular formula is C21H19N3O4. The molecule has 1 unspecified atom stereocenters. The lowest BCUT2D eigenvalue weighted by Gasteiger charge is -2.17. The van der Waals surface area contributed by atoms with Crippen LogP contribution in [0.5, 0.6) is 0 Å². The number of anilines is 2. The standard InChI is InChI=1S/C21H19N3O4/c1-2-28-21(27)14-7-9-17(10-8-14)24-13-16(11-19(24)25)20(26)23-18-6-4-3-5-15(18)12-22/h3-10,16H,2,11,13H2,1H3,(H,23,26). The van der Waals surface area contributed by atoms with E-state index in [4.69, 9.17) is 10.00 Å². The van der Waals surface area contributed by atoms with E-state index in [1.54, 1.807) is 55.5 Å². The van der Waals surface area contributed by atoms with Crippen LogP contribution in [0, 0.1) is 17.2 Å². The Morgan fingerprint density at radius 2 is 1.93 bits per heavy atom. The summed E-state index contributed by atoms with van der Waals surface area (Å²) in [6.45, 7) is 2.25. The van der Waals surface area contributed by atoms with Crippen LogP contribution in [0.1, 0.15) is 29.3 Å². The number of carbonyl (C=O) groups is 3. The average molecular weight is 377 g/mol. The van der Waals surface area contributed by atoms with Crippen molar-refractivity contribution in [2.24, 2.45) is 5.92 Å². The van der Waals surface area contributed by atoms with Gasteiger partial charge in [0.25, 0.3) is 0 Å². The van der Waals surface area contributed by atoms with Crippen molar-refractivity contribution in [3.63, 3.8) is 0 Å². The smallest absolute Gasteiger partial charge is 0.338 e. The van der Waals surface area contributed by atoms with Crippen molar-refractivity contribution >= 4 is 29.2 Å². The van der Waals surface area contributed by atoms with Gasteiger partial charge in [0.1, 0.15) is 6.07 Å². The Kier molecular flexibility index (Phi) is 5.70. The fourth-order valence-corrected chi connectivity index (χ4v) is 3.05. The van der Waals surface area contributed by atoms with Crippen molar-refractivity contribution < 1.29 is 19.1 Å². The zero-order valence-electron chi connectivity index (χ0n) is 15.3. The first-order valence-corrected chi connectivity index (χ1v) is 8.91. The molecule has 1 fully saturated rings. The molecular weight excluding hydrogens is 358 g/mol. The molecule has 0 spiro atoms. The molecule has 0 aliphatic carbocycles. The summed E-state index contributed by atoms with van der Waals surface area (Å²) in [7, 11) is 0. The van der Waals surface area contributed by atoms with Crippen LogP contribution in [0.25, 0.3) is 0 Å². The van der Waals surface area contributed by atoms with Crippen molar-refractivity contribution in [2.75, 3.05) is 23.4 Å². The van der Waals surface area contributed by atoms with Gasteiger partial charge in [0.05, 0.1) is 29.3 Å². The van der Waals surface area contributed by atoms with E-state index in [1.165, 1.54) is 4.90 Å². The molecule has 1 aliphatic heterocycles. The number of nitrogens with one attached hydrogen (secondary N) is 1. The molecule has 0 aromatic heterocycles. The highest BCUT2D eigenvalue weighted by atomic mass is 16.5. The first-order valence-electron chi connectivity index (χ1n) is 8.91. The van der Waals surface area contributed by atoms with E-state index in [9.17, 15) is 14.4 Å². The van der Waals surface area contributed by atoms with E-state index >= 15 is 0 Å². The van der Waals surface area contributed by atoms with E-state index in [-0.39, 0.29) is 31.4 Å². The van der Waals surface area contributed by atoms with Crippen LogP contribution >= 0.6 is 0 Å². The minimum Gasteiger partial charge on any atom is -0.462 e. The minimum atomic E-state index is -0.524. The van der Waals surface area contributed by atoms with E-state index in [0.29, 0.717) is 22.5 Å². The number of benzene rings is 2. The molecule has 142 valence electrons. The average Bonchev–Trinajstić information content (AvgIpc) is 3.10. The fourth-order valence-electron chi connectivity index (χ4n) is 3.05. The number of hydrogen-bond donors (Lipinski definition) is 1. The van der Waals surface area contributed by atoms with Gasteiger partial charge in [-0.1, -0.05) is 12.1 Å². The van der Waals surface area contributed by atoms with Crippen LogP contribution in [-0.2, 0) is 14.3 Å². The second-order valence-electron chi connectivity index (χ2n) is 6.32. The molecule has 1 heterocycles. The molecule has 2 amide bonds. The van der Waals surface area contributed by atoms with E-state index in [0.717, 1.165) is 0 Å². The quantitative estimate of drug-likeness (QED) is 0.808. The minimum absolute atomic E-state index is 0.0835. The lowest BCUT2D eigenvalue weighted by molar-refractivity contribution is -0.122. The maximum absolute atomic E-state index is 12.6. The number of hydrogen-bond acceptors (Lipinski definition) is 5. The van der Waals surface area contributed by atoms with Gasteiger partial charge in [-0.15, -0.1) is 0 Å². The molecule has 0 bridgehead atoms. The van der Waals surface area contributed by atoms with Crippen molar-refractivity contribution in [3.8, 4) is 6.07 Å². The van der Waals surface area contributed by atoms with Gasteiger partial charge >= 0.3 is 5.97 Å². The van der Waals surface area contributed by atoms with Gasteiger partial charge in [0.2, 0.25) is 11.8 Å². The molecule has 0 radical (unpaired) electrons. The van der Waals surface area contributed by atoms with Gasteiger partial charge in [-0.2, -0.15) is 5.26 Å². The lowest BCUT2D eigenvalue weighted by atomic mass is 10.1. The molecule has 7 nitrogen and oxygen atoms in total. The Morgan fingerprint density at radius 1 is 1.21 bits per heavy atom. The summed E-state index contributed by atoms with van der Waals surface area (Å²) in [5.41, 5.74) is 1.82. The van der Waals surface area contributed by atoms with Gasteiger partial charge in [-0.25, -0.2) is 4.79 Å². The van der Waals surface area contributed by atoms with Crippen molar-refractivity contribution in [2.45, 2.75) is 13.3 Å². The van der Waals surface area contributed by atoms with Crippen LogP contribution in [0.2, 0.25) is 0 Å². The van der Waals surface area contributed by atoms with E-state index in [1.807, 2.05) is 6.07 Å². The zero-order chi connectivity index (χ0) is 20.1. The fraction of sp³-hybridized carbons (Fsp3) is 0.238. The van der Waals surface area contributed by atoms with Crippen LogP contribution in [0.4, 0.5) is 11.4 Å². The monoisotopic (exact) mass is 377 g/mol. The molecule has 1 saturated heterocycles. The molecule has 0 saturated carbocycles. The van der Waals surface area contributed by atoms with Gasteiger partial charge in [0, 0.05) is 18.7 Å². The lowest BCUT2D eigenvalue weighted by Crippen LogP contribution is -2.28. The molecule has 28 heavy (non-hydrogen) atoms. The molecule has 7 heteroatoms. The molecule has 1 atom stereocenters. The molecule has 2 aromatic rings. The maximum Gasteiger partial charge on any atom is 0.338 e. The summed E-state index contributed by atoms with van der Waals surface area (Å²) in [4.78, 5) is 38.2. The normalized spacial score (nSPS) is 15.8. The SMILES string of the molecule is CCOC(=O)c1ccc(N2CC(C(=O)Nc3ccccc3C#N)CC2=O)cc1. The predicted molar refractivity (Wildman–Crippen MR) is 103 cm³/mol. The summed E-state index contributed by atoms with van der Waals surface area (Å²) in [6.07, 6.45) is 0.0835. The highest BCUT2D eigenvalue weighted by Crippen LogP contribution is 2.27. The van der Waals surface area contributed by atoms with Gasteiger partial charge in [-0.05, 0) is 43.3 Å². The Balaban J connectivity index is 1.68. The summed E-state index contributed by atoms with van der Waals surface area (Å²) in [5.74, 6) is -1.42. The maximum atomic E-state index is 12.6. The topological polar surface area (TPSA) is 99.5 Å². The Morgan fingerprint density at radius 3 is 2.61 bits per heavy atom. The number of ether oxygens (including phenoxy) is 1. The third-order valence-corrected chi connectivity index (χ3v) is 4.49. The predicted octanol–water partition coefficient (Wildman–Crippen LogP) is 2.73. The zero-order valence-corrected chi connectivity index (χ0v) is 15.3. The summed E-state index contributed by atoms with van der Waals surface area (Å²) >= 11 is 0. The first-order chi connectivity index (χ1) is 13.5. The van der Waals surface area contributed by atoms with Crippen molar-refractivity contribution in [1.82, 2.24) is 0 Å². The van der Waals surface area contributed by atoms with Gasteiger partial charge in [-0.3, -0.25) is 9.59 Å². The number of rotatable bonds is 5. The van der Waals surface area contributed by atoms with Crippen molar-refractivity contribution in [1.29, 1.82) is 5.26 Å². The third-order valence-electron chi connectivity index (χ3n) is 4.49. The Labute approximate surface area is 162 Å². The first kappa shape index (κ1) is 19.1. The largest absolute Gasteiger partial charge is 0.462 e. The van der Waals surface area contributed by atoms with Crippen molar-refractivity contribution in [3.05, 3.63) is 59.7 Å². The number of carbonyl (C=O) groups excluding carboxylic acids is 3. The number of esters is 1. The molecule has 3 rings (SSSR count). The van der Waals surface area contributed by atoms with E-state index in [2.05, 4.69) is 5.32 Å². The van der Waals surface area contributed by atoms with Crippen LogP contribution in [0.15, 0.2) is 48.5 Å². The van der Waals surface area contributed by atoms with Crippen LogP contribution in [0.3, 0.4) is 0 Å². The number of nitrogens with zero attached hydrogens (tertiary/aromatic N) is 2. The second kappa shape index (κ2) is 8.35. The Hall–Kier alpha value is -3.66. The summed E-state index contributed by atoms with van der Waals surface area (Å²) < 4.78 is 4.94. The number of amides is 2. The molecule has 2 aromatic carbocycles. The highest BCUT2D eigenvalue weighted by molar-refractivity contribution is 6.04. The summed E-state index contributed by atoms with van der Waals surface area (Å²) in [5, 5.41) is 11.9. The third kappa shape index (κ3) is 4.01. The van der Waals surface area contributed by atoms with Gasteiger partial charge < -0.3 is 15.0 Å². The van der Waals surface area contributed by atoms with Crippen LogP contribution in [-0.4, -0.2) is 30.9 Å². The highest BCUT2D eigenvalue weighted by Gasteiger charge is 2.35. The molecule has 1 N–H and O–H groups in total. The number of para-hydroxylation sites is 1. The summed E-state index contributed by atoms with van der Waals surface area (Å²) in [6, 6.07) is 15.3. The van der Waals surface area contributed by atoms with E-state index < -0.39 is 11.9 Å². The second-order valence-corrected chi connectivity index (χ2v) is 6.32. The number of nitriles is 1. The Bertz CT molecular complexity index is 947. The van der Waals surface area contributed by atoms with Gasteiger partial charge in [0.15, 0.2) is 0 Å². The molecule has 1 aliphatic rings.